The highest BCUT2D eigenvalue weighted by molar-refractivity contribution is 6.35. The third-order valence-corrected chi connectivity index (χ3v) is 4.95. The minimum Gasteiger partial charge on any atom is -0.438 e. The van der Waals surface area contributed by atoms with Crippen LogP contribution in [0.3, 0.4) is 0 Å². The molecule has 0 saturated carbocycles. The van der Waals surface area contributed by atoms with Crippen LogP contribution in [-0.4, -0.2) is 21.0 Å². The summed E-state index contributed by atoms with van der Waals surface area (Å²) >= 11 is 11.9. The highest BCUT2D eigenvalue weighted by Gasteiger charge is 2.11. The van der Waals surface area contributed by atoms with Gasteiger partial charge < -0.3 is 15.4 Å². The quantitative estimate of drug-likeness (QED) is 0.315. The summed E-state index contributed by atoms with van der Waals surface area (Å²) in [4.78, 5) is 25.4. The van der Waals surface area contributed by atoms with Crippen molar-refractivity contribution < 1.29 is 9.53 Å². The molecule has 2 aromatic heterocycles. The predicted octanol–water partition coefficient (Wildman–Crippen LogP) is 6.84. The summed E-state index contributed by atoms with van der Waals surface area (Å²) in [7, 11) is 0. The molecular formula is C24H19Cl2N5O2. The SMILES string of the molecule is CCc1nccc(-c2cccnc2Oc2ccc(NC(=O)Nc3cc(Cl)cc(Cl)c3)cc2)n1. The fraction of sp³-hybridized carbons (Fsp3) is 0.0833. The number of anilines is 2. The molecule has 4 rings (SSSR count). The first kappa shape index (κ1) is 22.5. The third kappa shape index (κ3) is 5.97. The number of urea groups is 1. The summed E-state index contributed by atoms with van der Waals surface area (Å²) in [5.41, 5.74) is 2.57. The minimum absolute atomic E-state index is 0.426. The Morgan fingerprint density at radius 1 is 0.909 bits per heavy atom. The molecule has 166 valence electrons. The van der Waals surface area contributed by atoms with Crippen molar-refractivity contribution in [2.24, 2.45) is 0 Å². The smallest absolute Gasteiger partial charge is 0.323 e. The van der Waals surface area contributed by atoms with E-state index in [-0.39, 0.29) is 0 Å². The maximum Gasteiger partial charge on any atom is 0.323 e. The van der Waals surface area contributed by atoms with Crippen molar-refractivity contribution in [3.63, 3.8) is 0 Å². The van der Waals surface area contributed by atoms with Crippen LogP contribution in [0.4, 0.5) is 16.2 Å². The van der Waals surface area contributed by atoms with Crippen molar-refractivity contribution in [2.45, 2.75) is 13.3 Å². The van der Waals surface area contributed by atoms with Crippen LogP contribution in [-0.2, 0) is 6.42 Å². The molecule has 2 N–H and O–H groups in total. The van der Waals surface area contributed by atoms with Gasteiger partial charge in [0.25, 0.3) is 0 Å². The van der Waals surface area contributed by atoms with Gasteiger partial charge in [-0.3, -0.25) is 0 Å². The van der Waals surface area contributed by atoms with E-state index in [1.165, 1.54) is 0 Å². The van der Waals surface area contributed by atoms with Crippen LogP contribution >= 0.6 is 23.2 Å². The summed E-state index contributed by atoms with van der Waals surface area (Å²) in [6.07, 6.45) is 4.11. The first-order valence-electron chi connectivity index (χ1n) is 10.1. The standard InChI is InChI=1S/C24H19Cl2N5O2/c1-2-22-27-11-9-21(31-22)20-4-3-10-28-23(20)33-19-7-5-17(6-8-19)29-24(32)30-18-13-15(25)12-16(26)14-18/h3-14H,2H2,1H3,(H2,29,30,32). The maximum atomic E-state index is 12.3. The number of hydrogen-bond donors (Lipinski definition) is 2. The molecule has 2 heterocycles. The number of hydrogen-bond acceptors (Lipinski definition) is 5. The van der Waals surface area contributed by atoms with Crippen LogP contribution < -0.4 is 15.4 Å². The lowest BCUT2D eigenvalue weighted by atomic mass is 10.2. The van der Waals surface area contributed by atoms with Gasteiger partial charge in [-0.2, -0.15) is 0 Å². The molecule has 4 aromatic rings. The molecule has 7 nitrogen and oxygen atoms in total. The number of amides is 2. The lowest BCUT2D eigenvalue weighted by molar-refractivity contribution is 0.262. The van der Waals surface area contributed by atoms with Crippen LogP contribution in [0.2, 0.25) is 10.0 Å². The van der Waals surface area contributed by atoms with Crippen LogP contribution in [0.5, 0.6) is 11.6 Å². The van der Waals surface area contributed by atoms with E-state index in [9.17, 15) is 4.79 Å². The number of aryl methyl sites for hydroxylation is 1. The number of pyridine rings is 1. The molecule has 0 atom stereocenters. The summed E-state index contributed by atoms with van der Waals surface area (Å²) in [6, 6.07) is 16.8. The van der Waals surface area contributed by atoms with Crippen molar-refractivity contribution in [1.29, 1.82) is 0 Å². The van der Waals surface area contributed by atoms with Gasteiger partial charge in [0, 0.05) is 40.2 Å². The molecular weight excluding hydrogens is 461 g/mol. The monoisotopic (exact) mass is 479 g/mol. The third-order valence-electron chi connectivity index (χ3n) is 4.52. The highest BCUT2D eigenvalue weighted by Crippen LogP contribution is 2.30. The Hall–Kier alpha value is -3.68. The van der Waals surface area contributed by atoms with E-state index < -0.39 is 6.03 Å². The van der Waals surface area contributed by atoms with Gasteiger partial charge in [-0.25, -0.2) is 19.7 Å². The second-order valence-corrected chi connectivity index (χ2v) is 7.80. The molecule has 9 heteroatoms. The van der Waals surface area contributed by atoms with E-state index in [0.717, 1.165) is 23.5 Å². The van der Waals surface area contributed by atoms with Crippen LogP contribution in [0, 0.1) is 0 Å². The molecule has 0 aliphatic heterocycles. The van der Waals surface area contributed by atoms with E-state index in [1.54, 1.807) is 54.9 Å². The molecule has 0 bridgehead atoms. The molecule has 0 radical (unpaired) electrons. The number of aromatic nitrogens is 3. The first-order valence-corrected chi connectivity index (χ1v) is 10.8. The Labute approximate surface area is 200 Å². The fourth-order valence-corrected chi connectivity index (χ4v) is 3.55. The Kier molecular flexibility index (Phi) is 7.02. The highest BCUT2D eigenvalue weighted by atomic mass is 35.5. The van der Waals surface area contributed by atoms with Crippen LogP contribution in [0.25, 0.3) is 11.3 Å². The zero-order chi connectivity index (χ0) is 23.2. The molecule has 2 amide bonds. The lowest BCUT2D eigenvalue weighted by Gasteiger charge is -2.11. The molecule has 0 fully saturated rings. The number of benzene rings is 2. The molecule has 0 spiro atoms. The Balaban J connectivity index is 1.44. The molecule has 0 aliphatic carbocycles. The number of nitrogens with one attached hydrogen (secondary N) is 2. The van der Waals surface area contributed by atoms with Crippen molar-refractivity contribution >= 4 is 40.6 Å². The van der Waals surface area contributed by atoms with Gasteiger partial charge in [0.15, 0.2) is 0 Å². The Morgan fingerprint density at radius 2 is 1.64 bits per heavy atom. The lowest BCUT2D eigenvalue weighted by Crippen LogP contribution is -2.19. The van der Waals surface area contributed by atoms with E-state index in [0.29, 0.717) is 33.0 Å². The van der Waals surface area contributed by atoms with Gasteiger partial charge >= 0.3 is 6.03 Å². The molecule has 2 aromatic carbocycles. The minimum atomic E-state index is -0.426. The zero-order valence-electron chi connectivity index (χ0n) is 17.5. The predicted molar refractivity (Wildman–Crippen MR) is 130 cm³/mol. The zero-order valence-corrected chi connectivity index (χ0v) is 19.1. The Morgan fingerprint density at radius 3 is 2.36 bits per heavy atom. The number of ether oxygens (including phenoxy) is 1. The average molecular weight is 480 g/mol. The van der Waals surface area contributed by atoms with Gasteiger partial charge in [-0.05, 0) is 60.7 Å². The van der Waals surface area contributed by atoms with Gasteiger partial charge in [-0.1, -0.05) is 30.1 Å². The molecule has 0 aliphatic rings. The summed E-state index contributed by atoms with van der Waals surface area (Å²) in [6.45, 7) is 2.00. The normalized spacial score (nSPS) is 10.5. The van der Waals surface area contributed by atoms with Gasteiger partial charge in [-0.15, -0.1) is 0 Å². The van der Waals surface area contributed by atoms with Crippen molar-refractivity contribution in [1.82, 2.24) is 15.0 Å². The van der Waals surface area contributed by atoms with Crippen LogP contribution in [0.1, 0.15) is 12.7 Å². The van der Waals surface area contributed by atoms with Crippen molar-refractivity contribution in [3.8, 4) is 22.9 Å². The van der Waals surface area contributed by atoms with Gasteiger partial charge in [0.05, 0.1) is 11.3 Å². The van der Waals surface area contributed by atoms with E-state index >= 15 is 0 Å². The maximum absolute atomic E-state index is 12.3. The average Bonchev–Trinajstić information content (AvgIpc) is 2.80. The number of halogens is 2. The number of rotatable bonds is 6. The fourth-order valence-electron chi connectivity index (χ4n) is 3.02. The number of carbonyl (C=O) groups is 1. The largest absolute Gasteiger partial charge is 0.438 e. The number of carbonyl (C=O) groups excluding carboxylic acids is 1. The second kappa shape index (κ2) is 10.3. The first-order chi connectivity index (χ1) is 16.0. The topological polar surface area (TPSA) is 89.0 Å². The summed E-state index contributed by atoms with van der Waals surface area (Å²) in [5, 5.41) is 6.30. The van der Waals surface area contributed by atoms with Gasteiger partial charge in [0.1, 0.15) is 11.6 Å². The molecule has 33 heavy (non-hydrogen) atoms. The van der Waals surface area contributed by atoms with Crippen LogP contribution in [0.15, 0.2) is 73.1 Å². The molecule has 0 saturated heterocycles. The molecule has 0 unspecified atom stereocenters. The van der Waals surface area contributed by atoms with E-state index in [1.807, 2.05) is 25.1 Å². The summed E-state index contributed by atoms with van der Waals surface area (Å²) < 4.78 is 5.99. The van der Waals surface area contributed by atoms with Crippen molar-refractivity contribution in [2.75, 3.05) is 10.6 Å². The van der Waals surface area contributed by atoms with E-state index in [2.05, 4.69) is 25.6 Å². The van der Waals surface area contributed by atoms with Crippen molar-refractivity contribution in [3.05, 3.63) is 88.9 Å². The van der Waals surface area contributed by atoms with E-state index in [4.69, 9.17) is 27.9 Å². The Bertz CT molecular complexity index is 1260. The second-order valence-electron chi connectivity index (χ2n) is 6.93. The summed E-state index contributed by atoms with van der Waals surface area (Å²) in [5.74, 6) is 1.73. The number of nitrogens with zero attached hydrogens (tertiary/aromatic N) is 3. The van der Waals surface area contributed by atoms with Gasteiger partial charge in [0.2, 0.25) is 5.88 Å².